The van der Waals surface area contributed by atoms with E-state index in [0.717, 1.165) is 11.4 Å². The maximum Gasteiger partial charge on any atom is 0.292 e. The molecule has 0 radical (unpaired) electrons. The summed E-state index contributed by atoms with van der Waals surface area (Å²) in [6.07, 6.45) is 3.23. The zero-order valence-corrected chi connectivity index (χ0v) is 10.7. The van der Waals surface area contributed by atoms with Gasteiger partial charge >= 0.3 is 0 Å². The molecule has 1 atom stereocenters. The lowest BCUT2D eigenvalue weighted by Crippen LogP contribution is -2.12. The van der Waals surface area contributed by atoms with Gasteiger partial charge in [-0.15, -0.1) is 0 Å². The lowest BCUT2D eigenvalue weighted by Gasteiger charge is -2.15. The molecule has 2 aromatic rings. The summed E-state index contributed by atoms with van der Waals surface area (Å²) in [7, 11) is 0. The van der Waals surface area contributed by atoms with Crippen LogP contribution in [-0.2, 0) is 0 Å². The van der Waals surface area contributed by atoms with Gasteiger partial charge in [-0.1, -0.05) is 12.1 Å². The molecule has 0 bridgehead atoms. The molecule has 0 aliphatic carbocycles. The fourth-order valence-corrected chi connectivity index (χ4v) is 1.90. The predicted molar refractivity (Wildman–Crippen MR) is 71.9 cm³/mol. The van der Waals surface area contributed by atoms with Crippen LogP contribution in [0.1, 0.15) is 24.4 Å². The zero-order valence-electron chi connectivity index (χ0n) is 10.7. The van der Waals surface area contributed by atoms with Crippen molar-refractivity contribution in [2.75, 3.05) is 5.32 Å². The molecular weight excluding hydrogens is 244 g/mol. The van der Waals surface area contributed by atoms with E-state index in [1.807, 2.05) is 13.8 Å². The van der Waals surface area contributed by atoms with Crippen LogP contribution in [0, 0.1) is 17.0 Å². The first-order valence-electron chi connectivity index (χ1n) is 5.87. The molecule has 0 spiro atoms. The average Bonchev–Trinajstić information content (AvgIpc) is 2.39. The van der Waals surface area contributed by atoms with E-state index < -0.39 is 4.92 Å². The van der Waals surface area contributed by atoms with Gasteiger partial charge in [-0.3, -0.25) is 20.1 Å². The Morgan fingerprint density at radius 3 is 2.63 bits per heavy atom. The first-order valence-corrected chi connectivity index (χ1v) is 5.87. The molecule has 6 nitrogen and oxygen atoms in total. The highest BCUT2D eigenvalue weighted by atomic mass is 16.6. The Kier molecular flexibility index (Phi) is 3.70. The van der Waals surface area contributed by atoms with Gasteiger partial charge in [-0.25, -0.2) is 0 Å². The maximum atomic E-state index is 10.9. The number of anilines is 1. The molecule has 1 aromatic carbocycles. The van der Waals surface area contributed by atoms with Gasteiger partial charge in [0.1, 0.15) is 5.69 Å². The van der Waals surface area contributed by atoms with E-state index >= 15 is 0 Å². The molecule has 1 unspecified atom stereocenters. The van der Waals surface area contributed by atoms with E-state index in [9.17, 15) is 10.1 Å². The molecular formula is C13H14N4O2. The molecule has 98 valence electrons. The summed E-state index contributed by atoms with van der Waals surface area (Å²) >= 11 is 0. The summed E-state index contributed by atoms with van der Waals surface area (Å²) in [6.45, 7) is 3.76. The number of nitro benzene ring substituents is 1. The summed E-state index contributed by atoms with van der Waals surface area (Å²) in [5.41, 5.74) is 2.11. The first kappa shape index (κ1) is 12.9. The minimum absolute atomic E-state index is 0.0518. The van der Waals surface area contributed by atoms with Crippen LogP contribution < -0.4 is 5.32 Å². The number of nitrogens with one attached hydrogen (secondary N) is 1. The summed E-state index contributed by atoms with van der Waals surface area (Å²) < 4.78 is 0. The van der Waals surface area contributed by atoms with Gasteiger partial charge in [0.2, 0.25) is 0 Å². The second kappa shape index (κ2) is 5.43. The van der Waals surface area contributed by atoms with E-state index in [-0.39, 0.29) is 11.7 Å². The number of nitrogens with zero attached hydrogens (tertiary/aromatic N) is 3. The normalized spacial score (nSPS) is 11.9. The van der Waals surface area contributed by atoms with Crippen LogP contribution in [0.4, 0.5) is 11.4 Å². The lowest BCUT2D eigenvalue weighted by molar-refractivity contribution is -0.384. The Hall–Kier alpha value is -2.50. The van der Waals surface area contributed by atoms with Crippen LogP contribution in [0.25, 0.3) is 0 Å². The summed E-state index contributed by atoms with van der Waals surface area (Å²) in [6, 6.07) is 6.39. The van der Waals surface area contributed by atoms with Crippen molar-refractivity contribution >= 4 is 11.4 Å². The fraction of sp³-hybridized carbons (Fsp3) is 0.231. The molecule has 2 rings (SSSR count). The highest BCUT2D eigenvalue weighted by molar-refractivity contribution is 5.61. The first-order chi connectivity index (χ1) is 9.09. The SMILES string of the molecule is Cc1nccnc1C(C)Nc1ccccc1[N+](=O)[O-]. The van der Waals surface area contributed by atoms with Crippen molar-refractivity contribution < 1.29 is 4.92 Å². The van der Waals surface area contributed by atoms with Crippen molar-refractivity contribution in [3.05, 3.63) is 58.2 Å². The van der Waals surface area contributed by atoms with Crippen LogP contribution >= 0.6 is 0 Å². The summed E-state index contributed by atoms with van der Waals surface area (Å²) in [5, 5.41) is 14.0. The third-order valence-electron chi connectivity index (χ3n) is 2.80. The van der Waals surface area contributed by atoms with E-state index in [2.05, 4.69) is 15.3 Å². The molecule has 0 amide bonds. The molecule has 6 heteroatoms. The van der Waals surface area contributed by atoms with E-state index in [1.54, 1.807) is 30.6 Å². The number of rotatable bonds is 4. The van der Waals surface area contributed by atoms with E-state index in [4.69, 9.17) is 0 Å². The van der Waals surface area contributed by atoms with Gasteiger partial charge in [0.15, 0.2) is 0 Å². The quantitative estimate of drug-likeness (QED) is 0.673. The number of nitro groups is 1. The monoisotopic (exact) mass is 258 g/mol. The second-order valence-corrected chi connectivity index (χ2v) is 4.17. The topological polar surface area (TPSA) is 81.0 Å². The van der Waals surface area contributed by atoms with Crippen molar-refractivity contribution in [1.82, 2.24) is 9.97 Å². The van der Waals surface area contributed by atoms with Gasteiger partial charge in [-0.05, 0) is 19.9 Å². The Bertz CT molecular complexity index is 601. The van der Waals surface area contributed by atoms with Crippen LogP contribution in [0.5, 0.6) is 0 Å². The second-order valence-electron chi connectivity index (χ2n) is 4.17. The van der Waals surface area contributed by atoms with Gasteiger partial charge in [-0.2, -0.15) is 0 Å². The van der Waals surface area contributed by atoms with Crippen molar-refractivity contribution in [3.63, 3.8) is 0 Å². The molecule has 1 N–H and O–H groups in total. The van der Waals surface area contributed by atoms with Crippen LogP contribution in [0.2, 0.25) is 0 Å². The lowest BCUT2D eigenvalue weighted by atomic mass is 10.1. The summed E-state index contributed by atoms with van der Waals surface area (Å²) in [5.74, 6) is 0. The molecule has 0 aliphatic heterocycles. The smallest absolute Gasteiger partial charge is 0.292 e. The standard InChI is InChI=1S/C13H14N4O2/c1-9-13(15-8-7-14-9)10(2)16-11-5-3-4-6-12(11)17(18)19/h3-8,10,16H,1-2H3. The molecule has 1 heterocycles. The van der Waals surface area contributed by atoms with E-state index in [1.165, 1.54) is 6.07 Å². The molecule has 0 aliphatic rings. The zero-order chi connectivity index (χ0) is 13.8. The van der Waals surface area contributed by atoms with Gasteiger partial charge in [0, 0.05) is 18.5 Å². The molecule has 0 fully saturated rings. The third kappa shape index (κ3) is 2.85. The number of para-hydroxylation sites is 2. The minimum Gasteiger partial charge on any atom is -0.371 e. The van der Waals surface area contributed by atoms with Crippen molar-refractivity contribution in [1.29, 1.82) is 0 Å². The third-order valence-corrected chi connectivity index (χ3v) is 2.80. The number of hydrogen-bond donors (Lipinski definition) is 1. The predicted octanol–water partition coefficient (Wildman–Crippen LogP) is 2.87. The van der Waals surface area contributed by atoms with Crippen molar-refractivity contribution in [2.45, 2.75) is 19.9 Å². The minimum atomic E-state index is -0.404. The number of aromatic nitrogens is 2. The van der Waals surface area contributed by atoms with Crippen LogP contribution in [-0.4, -0.2) is 14.9 Å². The van der Waals surface area contributed by atoms with Gasteiger partial charge < -0.3 is 5.32 Å². The molecule has 19 heavy (non-hydrogen) atoms. The van der Waals surface area contributed by atoms with Crippen molar-refractivity contribution in [3.8, 4) is 0 Å². The molecule has 0 saturated carbocycles. The summed E-state index contributed by atoms with van der Waals surface area (Å²) in [4.78, 5) is 19.0. The highest BCUT2D eigenvalue weighted by Gasteiger charge is 2.16. The number of aryl methyl sites for hydroxylation is 1. The Labute approximate surface area is 110 Å². The number of benzene rings is 1. The number of hydrogen-bond acceptors (Lipinski definition) is 5. The fourth-order valence-electron chi connectivity index (χ4n) is 1.90. The Balaban J connectivity index is 2.27. The van der Waals surface area contributed by atoms with Gasteiger partial charge in [0.05, 0.1) is 22.4 Å². The van der Waals surface area contributed by atoms with Crippen molar-refractivity contribution in [2.24, 2.45) is 0 Å². The Morgan fingerprint density at radius 2 is 1.95 bits per heavy atom. The Morgan fingerprint density at radius 1 is 1.26 bits per heavy atom. The maximum absolute atomic E-state index is 10.9. The highest BCUT2D eigenvalue weighted by Crippen LogP contribution is 2.27. The van der Waals surface area contributed by atoms with Crippen LogP contribution in [0.15, 0.2) is 36.7 Å². The molecule has 0 saturated heterocycles. The average molecular weight is 258 g/mol. The van der Waals surface area contributed by atoms with E-state index in [0.29, 0.717) is 5.69 Å². The largest absolute Gasteiger partial charge is 0.371 e. The van der Waals surface area contributed by atoms with Gasteiger partial charge in [0.25, 0.3) is 5.69 Å². The molecule has 1 aromatic heterocycles. The van der Waals surface area contributed by atoms with Crippen LogP contribution in [0.3, 0.4) is 0 Å².